The Morgan fingerprint density at radius 2 is 2.04 bits per heavy atom. The molecule has 5 heteroatoms. The van der Waals surface area contributed by atoms with Crippen LogP contribution in [0.15, 0.2) is 24.3 Å². The first-order chi connectivity index (χ1) is 11.2. The Morgan fingerprint density at radius 3 is 2.78 bits per heavy atom. The average molecular weight is 316 g/mol. The first kappa shape index (κ1) is 16.0. The topological polar surface area (TPSA) is 58.6 Å². The molecular weight excluding hydrogens is 292 g/mol. The van der Waals surface area contributed by atoms with Crippen LogP contribution in [0.1, 0.15) is 48.0 Å². The van der Waals surface area contributed by atoms with E-state index in [4.69, 9.17) is 4.74 Å². The van der Waals surface area contributed by atoms with Crippen LogP contribution < -0.4 is 5.32 Å². The first-order valence-corrected chi connectivity index (χ1v) is 8.49. The van der Waals surface area contributed by atoms with E-state index in [0.717, 1.165) is 50.9 Å². The molecule has 2 saturated heterocycles. The van der Waals surface area contributed by atoms with E-state index >= 15 is 0 Å². The fraction of sp³-hybridized carbons (Fsp3) is 0.556. The summed E-state index contributed by atoms with van der Waals surface area (Å²) in [4.78, 5) is 26.2. The van der Waals surface area contributed by atoms with E-state index in [1.54, 1.807) is 0 Å². The van der Waals surface area contributed by atoms with Crippen LogP contribution in [-0.2, 0) is 16.1 Å². The van der Waals surface area contributed by atoms with Crippen molar-refractivity contribution in [2.75, 3.05) is 19.7 Å². The van der Waals surface area contributed by atoms with Crippen molar-refractivity contribution in [2.24, 2.45) is 0 Å². The van der Waals surface area contributed by atoms with Gasteiger partial charge in [-0.15, -0.1) is 0 Å². The minimum absolute atomic E-state index is 0.00757. The van der Waals surface area contributed by atoms with Gasteiger partial charge in [0.05, 0.1) is 12.5 Å². The van der Waals surface area contributed by atoms with Crippen molar-refractivity contribution in [3.63, 3.8) is 0 Å². The average Bonchev–Trinajstić information content (AvgIpc) is 3.26. The van der Waals surface area contributed by atoms with Crippen LogP contribution in [0, 0.1) is 0 Å². The van der Waals surface area contributed by atoms with Crippen molar-refractivity contribution in [3.8, 4) is 0 Å². The van der Waals surface area contributed by atoms with E-state index in [1.165, 1.54) is 0 Å². The van der Waals surface area contributed by atoms with E-state index in [-0.39, 0.29) is 17.9 Å². The highest BCUT2D eigenvalue weighted by Gasteiger charge is 2.20. The smallest absolute Gasteiger partial charge is 0.253 e. The zero-order valence-corrected chi connectivity index (χ0v) is 13.4. The van der Waals surface area contributed by atoms with Crippen molar-refractivity contribution < 1.29 is 14.3 Å². The molecule has 5 nitrogen and oxygen atoms in total. The molecule has 0 radical (unpaired) electrons. The highest BCUT2D eigenvalue weighted by Crippen LogP contribution is 2.16. The van der Waals surface area contributed by atoms with E-state index < -0.39 is 0 Å². The fourth-order valence-corrected chi connectivity index (χ4v) is 3.20. The molecular formula is C18H24N2O3. The number of ether oxygens (including phenoxy) is 1. The number of amides is 2. The van der Waals surface area contributed by atoms with Gasteiger partial charge in [0.2, 0.25) is 5.91 Å². The number of hydrogen-bond acceptors (Lipinski definition) is 3. The van der Waals surface area contributed by atoms with Crippen LogP contribution in [0.2, 0.25) is 0 Å². The largest absolute Gasteiger partial charge is 0.378 e. The molecule has 124 valence electrons. The number of benzene rings is 1. The Balaban J connectivity index is 1.52. The van der Waals surface area contributed by atoms with Crippen LogP contribution in [0.25, 0.3) is 0 Å². The van der Waals surface area contributed by atoms with Crippen LogP contribution in [0.3, 0.4) is 0 Å². The maximum absolute atomic E-state index is 12.4. The lowest BCUT2D eigenvalue weighted by Gasteiger charge is -2.16. The molecule has 0 saturated carbocycles. The van der Waals surface area contributed by atoms with Crippen molar-refractivity contribution in [1.29, 1.82) is 0 Å². The second-order valence-electron chi connectivity index (χ2n) is 6.32. The summed E-state index contributed by atoms with van der Waals surface area (Å²) >= 11 is 0. The van der Waals surface area contributed by atoms with Gasteiger partial charge in [-0.2, -0.15) is 0 Å². The monoisotopic (exact) mass is 316 g/mol. The van der Waals surface area contributed by atoms with Crippen molar-refractivity contribution >= 4 is 11.8 Å². The summed E-state index contributed by atoms with van der Waals surface area (Å²) in [6.45, 7) is 2.91. The summed E-state index contributed by atoms with van der Waals surface area (Å²) in [5, 5.41) is 2.92. The Kier molecular flexibility index (Phi) is 5.28. The van der Waals surface area contributed by atoms with Gasteiger partial charge in [0.25, 0.3) is 5.91 Å². The van der Waals surface area contributed by atoms with Gasteiger partial charge in [0, 0.05) is 31.8 Å². The molecule has 0 bridgehead atoms. The molecule has 1 atom stereocenters. The summed E-state index contributed by atoms with van der Waals surface area (Å²) in [6, 6.07) is 7.54. The number of carbonyl (C=O) groups excluding carboxylic acids is 2. The van der Waals surface area contributed by atoms with Crippen molar-refractivity contribution in [3.05, 3.63) is 35.4 Å². The Hall–Kier alpha value is -1.88. The minimum Gasteiger partial charge on any atom is -0.378 e. The van der Waals surface area contributed by atoms with Crippen LogP contribution in [0.4, 0.5) is 0 Å². The molecule has 2 heterocycles. The predicted molar refractivity (Wildman–Crippen MR) is 87.0 cm³/mol. The molecule has 2 amide bonds. The van der Waals surface area contributed by atoms with Gasteiger partial charge in [0.1, 0.15) is 0 Å². The van der Waals surface area contributed by atoms with Gasteiger partial charge in [0.15, 0.2) is 0 Å². The quantitative estimate of drug-likeness (QED) is 0.905. The molecule has 2 aliphatic heterocycles. The van der Waals surface area contributed by atoms with Crippen LogP contribution in [-0.4, -0.2) is 42.5 Å². The maximum Gasteiger partial charge on any atom is 0.253 e. The second-order valence-corrected chi connectivity index (χ2v) is 6.32. The normalized spacial score (nSPS) is 20.7. The zero-order valence-electron chi connectivity index (χ0n) is 13.4. The Labute approximate surface area is 137 Å². The van der Waals surface area contributed by atoms with Gasteiger partial charge < -0.3 is 15.0 Å². The van der Waals surface area contributed by atoms with E-state index in [2.05, 4.69) is 5.32 Å². The van der Waals surface area contributed by atoms with Gasteiger partial charge in [-0.3, -0.25) is 9.59 Å². The molecule has 1 aromatic carbocycles. The number of nitrogens with zero attached hydrogens (tertiary/aromatic N) is 1. The highest BCUT2D eigenvalue weighted by molar-refractivity contribution is 5.94. The number of nitrogens with one attached hydrogen (secondary N) is 1. The molecule has 0 unspecified atom stereocenters. The predicted octanol–water partition coefficient (Wildman–Crippen LogP) is 2.11. The standard InChI is InChI=1S/C18H24N2O3/c21-17(12-16-7-4-10-23-16)19-13-14-5-3-6-15(11-14)18(22)20-8-1-2-9-20/h3,5-6,11,16H,1-2,4,7-10,12-13H2,(H,19,21)/t16-/m0/s1. The third-order valence-corrected chi connectivity index (χ3v) is 4.49. The lowest BCUT2D eigenvalue weighted by molar-refractivity contribution is -0.123. The Morgan fingerprint density at radius 1 is 1.22 bits per heavy atom. The summed E-state index contributed by atoms with van der Waals surface area (Å²) in [6.07, 6.45) is 4.67. The molecule has 0 spiro atoms. The summed E-state index contributed by atoms with van der Waals surface area (Å²) in [5.41, 5.74) is 1.66. The van der Waals surface area contributed by atoms with Gasteiger partial charge in [-0.05, 0) is 43.4 Å². The molecule has 3 rings (SSSR count). The highest BCUT2D eigenvalue weighted by atomic mass is 16.5. The van der Waals surface area contributed by atoms with E-state index in [9.17, 15) is 9.59 Å². The lowest BCUT2D eigenvalue weighted by atomic mass is 10.1. The lowest BCUT2D eigenvalue weighted by Crippen LogP contribution is -2.28. The second kappa shape index (κ2) is 7.59. The van der Waals surface area contributed by atoms with E-state index in [0.29, 0.717) is 18.5 Å². The van der Waals surface area contributed by atoms with E-state index in [1.807, 2.05) is 29.2 Å². The van der Waals surface area contributed by atoms with Gasteiger partial charge in [-0.1, -0.05) is 12.1 Å². The zero-order chi connectivity index (χ0) is 16.1. The molecule has 23 heavy (non-hydrogen) atoms. The van der Waals surface area contributed by atoms with Crippen LogP contribution in [0.5, 0.6) is 0 Å². The summed E-state index contributed by atoms with van der Waals surface area (Å²) < 4.78 is 5.47. The molecule has 0 aliphatic carbocycles. The SMILES string of the molecule is O=C(C[C@@H]1CCCO1)NCc1cccc(C(=O)N2CCCC2)c1. The summed E-state index contributed by atoms with van der Waals surface area (Å²) in [5.74, 6) is 0.100. The van der Waals surface area contributed by atoms with Gasteiger partial charge >= 0.3 is 0 Å². The Bertz CT molecular complexity index is 561. The number of rotatable bonds is 5. The maximum atomic E-state index is 12.4. The molecule has 1 N–H and O–H groups in total. The molecule has 2 aliphatic rings. The van der Waals surface area contributed by atoms with Gasteiger partial charge in [-0.25, -0.2) is 0 Å². The number of carbonyl (C=O) groups is 2. The third-order valence-electron chi connectivity index (χ3n) is 4.49. The first-order valence-electron chi connectivity index (χ1n) is 8.49. The molecule has 1 aromatic rings. The molecule has 0 aromatic heterocycles. The molecule has 2 fully saturated rings. The number of hydrogen-bond donors (Lipinski definition) is 1. The minimum atomic E-state index is 0.00757. The van der Waals surface area contributed by atoms with Crippen molar-refractivity contribution in [2.45, 2.75) is 44.8 Å². The number of likely N-dealkylation sites (tertiary alicyclic amines) is 1. The fourth-order valence-electron chi connectivity index (χ4n) is 3.20. The summed E-state index contributed by atoms with van der Waals surface area (Å²) in [7, 11) is 0. The van der Waals surface area contributed by atoms with Crippen molar-refractivity contribution in [1.82, 2.24) is 10.2 Å². The van der Waals surface area contributed by atoms with Crippen LogP contribution >= 0.6 is 0 Å². The third kappa shape index (κ3) is 4.32.